The fourth-order valence-corrected chi connectivity index (χ4v) is 4.21. The first-order valence-corrected chi connectivity index (χ1v) is 8.67. The maximum atomic E-state index is 4.57. The number of aromatic nitrogens is 3. The van der Waals surface area contributed by atoms with E-state index in [0.717, 1.165) is 37.7 Å². The summed E-state index contributed by atoms with van der Waals surface area (Å²) < 4.78 is 0. The SMILES string of the molecule is Cc1nc(C2CCN(Cc3ccc(C)s3)CC2N(C)C)n[nH]1. The minimum absolute atomic E-state index is 0.418. The van der Waals surface area contributed by atoms with Crippen LogP contribution in [0.25, 0.3) is 0 Å². The van der Waals surface area contributed by atoms with Crippen LogP contribution in [0.2, 0.25) is 0 Å². The maximum absolute atomic E-state index is 4.57. The molecule has 1 saturated heterocycles. The Labute approximate surface area is 136 Å². The summed E-state index contributed by atoms with van der Waals surface area (Å²) in [6.07, 6.45) is 1.12. The van der Waals surface area contributed by atoms with Gasteiger partial charge in [-0.15, -0.1) is 11.3 Å². The van der Waals surface area contributed by atoms with Crippen molar-refractivity contribution < 1.29 is 0 Å². The number of H-pyrrole nitrogens is 1. The number of thiophene rings is 1. The van der Waals surface area contributed by atoms with Gasteiger partial charge in [0.25, 0.3) is 0 Å². The molecule has 22 heavy (non-hydrogen) atoms. The lowest BCUT2D eigenvalue weighted by atomic mass is 9.90. The van der Waals surface area contributed by atoms with Gasteiger partial charge in [-0.25, -0.2) is 4.98 Å². The van der Waals surface area contributed by atoms with Crippen LogP contribution in [-0.4, -0.2) is 58.2 Å². The van der Waals surface area contributed by atoms with Crippen LogP contribution in [0.1, 0.15) is 33.7 Å². The highest BCUT2D eigenvalue weighted by Gasteiger charge is 2.34. The quantitative estimate of drug-likeness (QED) is 0.940. The number of aryl methyl sites for hydroxylation is 2. The Kier molecular flexibility index (Phi) is 4.61. The first-order valence-electron chi connectivity index (χ1n) is 7.86. The van der Waals surface area contributed by atoms with E-state index in [1.54, 1.807) is 0 Å². The summed E-state index contributed by atoms with van der Waals surface area (Å²) in [4.78, 5) is 12.3. The summed E-state index contributed by atoms with van der Waals surface area (Å²) in [5.41, 5.74) is 0. The van der Waals surface area contributed by atoms with Crippen molar-refractivity contribution >= 4 is 11.3 Å². The third-order valence-corrected chi connectivity index (χ3v) is 5.44. The Morgan fingerprint density at radius 3 is 2.77 bits per heavy atom. The zero-order valence-corrected chi connectivity index (χ0v) is 14.7. The fraction of sp³-hybridized carbons (Fsp3) is 0.625. The van der Waals surface area contributed by atoms with Gasteiger partial charge < -0.3 is 4.90 Å². The largest absolute Gasteiger partial charge is 0.304 e. The molecule has 0 spiro atoms. The molecule has 0 aromatic carbocycles. The molecule has 1 N–H and O–H groups in total. The number of hydrogen-bond acceptors (Lipinski definition) is 5. The smallest absolute Gasteiger partial charge is 0.155 e. The molecule has 2 aromatic rings. The predicted octanol–water partition coefficient (Wildman–Crippen LogP) is 2.40. The van der Waals surface area contributed by atoms with Gasteiger partial charge in [-0.3, -0.25) is 10.00 Å². The summed E-state index contributed by atoms with van der Waals surface area (Å²) in [7, 11) is 4.33. The van der Waals surface area contributed by atoms with Crippen LogP contribution >= 0.6 is 11.3 Å². The summed E-state index contributed by atoms with van der Waals surface area (Å²) in [5.74, 6) is 2.30. The van der Waals surface area contributed by atoms with E-state index in [1.165, 1.54) is 9.75 Å². The number of nitrogens with zero attached hydrogens (tertiary/aromatic N) is 4. The summed E-state index contributed by atoms with van der Waals surface area (Å²) >= 11 is 1.91. The Morgan fingerprint density at radius 2 is 2.18 bits per heavy atom. The van der Waals surface area contributed by atoms with E-state index >= 15 is 0 Å². The van der Waals surface area contributed by atoms with Gasteiger partial charge in [0, 0.05) is 34.8 Å². The van der Waals surface area contributed by atoms with Crippen LogP contribution in [0.4, 0.5) is 0 Å². The second kappa shape index (κ2) is 6.48. The van der Waals surface area contributed by atoms with E-state index < -0.39 is 0 Å². The minimum atomic E-state index is 0.418. The second-order valence-electron chi connectivity index (χ2n) is 6.45. The summed E-state index contributed by atoms with van der Waals surface area (Å²) in [6, 6.07) is 4.94. The number of hydrogen-bond donors (Lipinski definition) is 1. The van der Waals surface area contributed by atoms with E-state index in [-0.39, 0.29) is 0 Å². The molecular formula is C16H25N5S. The highest BCUT2D eigenvalue weighted by atomic mass is 32.1. The van der Waals surface area contributed by atoms with Crippen molar-refractivity contribution in [3.63, 3.8) is 0 Å². The van der Waals surface area contributed by atoms with Crippen molar-refractivity contribution in [3.8, 4) is 0 Å². The van der Waals surface area contributed by atoms with Gasteiger partial charge in [-0.2, -0.15) is 5.10 Å². The third-order valence-electron chi connectivity index (χ3n) is 4.45. The number of nitrogens with one attached hydrogen (secondary N) is 1. The number of likely N-dealkylation sites (tertiary alicyclic amines) is 1. The normalized spacial score (nSPS) is 23.3. The number of rotatable bonds is 4. The average Bonchev–Trinajstić information content (AvgIpc) is 3.07. The highest BCUT2D eigenvalue weighted by molar-refractivity contribution is 7.11. The Morgan fingerprint density at radius 1 is 1.36 bits per heavy atom. The van der Waals surface area contributed by atoms with Gasteiger partial charge in [0.2, 0.25) is 0 Å². The van der Waals surface area contributed by atoms with Crippen LogP contribution in [0.5, 0.6) is 0 Å². The van der Waals surface area contributed by atoms with Crippen LogP contribution in [0.15, 0.2) is 12.1 Å². The second-order valence-corrected chi connectivity index (χ2v) is 7.83. The first-order chi connectivity index (χ1) is 10.5. The highest BCUT2D eigenvalue weighted by Crippen LogP contribution is 2.30. The first kappa shape index (κ1) is 15.6. The fourth-order valence-electron chi connectivity index (χ4n) is 3.28. The van der Waals surface area contributed by atoms with Crippen molar-refractivity contribution in [1.29, 1.82) is 0 Å². The monoisotopic (exact) mass is 319 g/mol. The van der Waals surface area contributed by atoms with Crippen molar-refractivity contribution in [2.24, 2.45) is 0 Å². The van der Waals surface area contributed by atoms with Gasteiger partial charge in [0.05, 0.1) is 0 Å². The molecule has 1 aliphatic heterocycles. The molecule has 0 aliphatic carbocycles. The van der Waals surface area contributed by atoms with Gasteiger partial charge in [-0.1, -0.05) is 0 Å². The Balaban J connectivity index is 1.70. The molecule has 0 saturated carbocycles. The molecule has 120 valence electrons. The number of likely N-dealkylation sites (N-methyl/N-ethyl adjacent to an activating group) is 1. The van der Waals surface area contributed by atoms with Crippen molar-refractivity contribution in [1.82, 2.24) is 25.0 Å². The van der Waals surface area contributed by atoms with E-state index in [2.05, 4.69) is 58.1 Å². The molecule has 2 unspecified atom stereocenters. The van der Waals surface area contributed by atoms with Crippen molar-refractivity contribution in [2.75, 3.05) is 27.2 Å². The van der Waals surface area contributed by atoms with E-state index in [1.807, 2.05) is 18.3 Å². The van der Waals surface area contributed by atoms with Gasteiger partial charge in [0.15, 0.2) is 5.82 Å². The zero-order valence-electron chi connectivity index (χ0n) is 13.8. The molecule has 1 aliphatic rings. The number of piperidine rings is 1. The molecule has 3 heterocycles. The lowest BCUT2D eigenvalue weighted by Crippen LogP contribution is -2.49. The van der Waals surface area contributed by atoms with Crippen LogP contribution in [0.3, 0.4) is 0 Å². The minimum Gasteiger partial charge on any atom is -0.304 e. The predicted molar refractivity (Wildman–Crippen MR) is 90.3 cm³/mol. The maximum Gasteiger partial charge on any atom is 0.155 e. The van der Waals surface area contributed by atoms with Gasteiger partial charge in [0.1, 0.15) is 5.82 Å². The molecule has 5 nitrogen and oxygen atoms in total. The molecule has 1 fully saturated rings. The Bertz CT molecular complexity index is 618. The topological polar surface area (TPSA) is 48.1 Å². The third kappa shape index (κ3) is 3.39. The van der Waals surface area contributed by atoms with E-state index in [4.69, 9.17) is 0 Å². The Hall–Kier alpha value is -1.24. The summed E-state index contributed by atoms with van der Waals surface area (Å²) in [6.45, 7) is 7.38. The van der Waals surface area contributed by atoms with E-state index in [9.17, 15) is 0 Å². The molecule has 2 aromatic heterocycles. The summed E-state index contributed by atoms with van der Waals surface area (Å²) in [5, 5.41) is 7.39. The molecule has 6 heteroatoms. The number of aromatic amines is 1. The molecule has 3 rings (SSSR count). The standard InChI is InChI=1S/C16H25N5S/c1-11-5-6-13(22-11)9-21-8-7-14(15(10-21)20(3)4)16-17-12(2)18-19-16/h5-6,14-15H,7-10H2,1-4H3,(H,17,18,19). The average molecular weight is 319 g/mol. The van der Waals surface area contributed by atoms with Crippen molar-refractivity contribution in [3.05, 3.63) is 33.5 Å². The van der Waals surface area contributed by atoms with Gasteiger partial charge in [-0.05, 0) is 53.0 Å². The zero-order chi connectivity index (χ0) is 15.7. The molecule has 0 bridgehead atoms. The van der Waals surface area contributed by atoms with Crippen molar-refractivity contribution in [2.45, 2.75) is 38.8 Å². The van der Waals surface area contributed by atoms with E-state index in [0.29, 0.717) is 12.0 Å². The lowest BCUT2D eigenvalue weighted by molar-refractivity contribution is 0.106. The van der Waals surface area contributed by atoms with Gasteiger partial charge >= 0.3 is 0 Å². The van der Waals surface area contributed by atoms with Crippen LogP contribution < -0.4 is 0 Å². The van der Waals surface area contributed by atoms with Crippen LogP contribution in [0, 0.1) is 13.8 Å². The molecule has 0 radical (unpaired) electrons. The van der Waals surface area contributed by atoms with Crippen LogP contribution in [-0.2, 0) is 6.54 Å². The lowest BCUT2D eigenvalue weighted by Gasteiger charge is -2.40. The molecular weight excluding hydrogens is 294 g/mol. The molecule has 0 amide bonds. The molecule has 2 atom stereocenters.